The highest BCUT2D eigenvalue weighted by atomic mass is 15.3. The molecular formula is C17H35N3. The Balaban J connectivity index is 1.83. The van der Waals surface area contributed by atoms with Gasteiger partial charge in [-0.1, -0.05) is 39.5 Å². The molecule has 3 nitrogen and oxygen atoms in total. The highest BCUT2D eigenvalue weighted by Crippen LogP contribution is 2.28. The molecule has 2 fully saturated rings. The SMILES string of the molecule is CC(C)CN1CCN(C(CN)C2CCCCCC2)CC1. The van der Waals surface area contributed by atoms with Gasteiger partial charge in [0.2, 0.25) is 0 Å². The third-order valence-electron chi connectivity index (χ3n) is 5.18. The van der Waals surface area contributed by atoms with Crippen molar-refractivity contribution in [2.75, 3.05) is 39.3 Å². The van der Waals surface area contributed by atoms with Crippen molar-refractivity contribution in [3.05, 3.63) is 0 Å². The first-order valence-corrected chi connectivity index (χ1v) is 8.87. The maximum absolute atomic E-state index is 6.15. The fraction of sp³-hybridized carbons (Fsp3) is 1.00. The van der Waals surface area contributed by atoms with E-state index in [9.17, 15) is 0 Å². The predicted octanol–water partition coefficient (Wildman–Crippen LogP) is 2.56. The lowest BCUT2D eigenvalue weighted by molar-refractivity contribution is 0.0635. The van der Waals surface area contributed by atoms with Gasteiger partial charge in [-0.3, -0.25) is 4.90 Å². The van der Waals surface area contributed by atoms with Gasteiger partial charge in [-0.05, 0) is 24.7 Å². The van der Waals surface area contributed by atoms with Crippen molar-refractivity contribution in [3.8, 4) is 0 Å². The van der Waals surface area contributed by atoms with Crippen LogP contribution in [0.1, 0.15) is 52.4 Å². The Hall–Kier alpha value is -0.120. The van der Waals surface area contributed by atoms with Crippen LogP contribution in [0.25, 0.3) is 0 Å². The lowest BCUT2D eigenvalue weighted by atomic mass is 9.90. The van der Waals surface area contributed by atoms with Crippen molar-refractivity contribution >= 4 is 0 Å². The number of nitrogens with zero attached hydrogens (tertiary/aromatic N) is 2. The molecule has 0 bridgehead atoms. The molecule has 2 rings (SSSR count). The van der Waals surface area contributed by atoms with E-state index in [0.717, 1.165) is 18.4 Å². The average Bonchev–Trinajstić information content (AvgIpc) is 2.70. The van der Waals surface area contributed by atoms with Crippen LogP contribution in [0.3, 0.4) is 0 Å². The minimum atomic E-state index is 0.648. The van der Waals surface area contributed by atoms with Crippen LogP contribution in [-0.2, 0) is 0 Å². The Morgan fingerprint density at radius 2 is 1.55 bits per heavy atom. The van der Waals surface area contributed by atoms with Crippen LogP contribution in [0.2, 0.25) is 0 Å². The zero-order valence-corrected chi connectivity index (χ0v) is 13.7. The summed E-state index contributed by atoms with van der Waals surface area (Å²) in [6.45, 7) is 11.7. The van der Waals surface area contributed by atoms with E-state index in [4.69, 9.17) is 5.73 Å². The minimum absolute atomic E-state index is 0.648. The summed E-state index contributed by atoms with van der Waals surface area (Å²) in [4.78, 5) is 5.33. The Morgan fingerprint density at radius 1 is 0.950 bits per heavy atom. The van der Waals surface area contributed by atoms with Crippen LogP contribution < -0.4 is 5.73 Å². The van der Waals surface area contributed by atoms with Gasteiger partial charge in [0.15, 0.2) is 0 Å². The Bertz CT molecular complexity index is 251. The second kappa shape index (κ2) is 8.35. The van der Waals surface area contributed by atoms with Crippen LogP contribution >= 0.6 is 0 Å². The standard InChI is InChI=1S/C17H35N3/c1-15(2)14-19-9-11-20(12-10-19)17(13-18)16-7-5-3-4-6-8-16/h15-17H,3-14,18H2,1-2H3. The Kier molecular flexibility index (Phi) is 6.79. The third kappa shape index (κ3) is 4.71. The molecule has 0 amide bonds. The summed E-state index contributed by atoms with van der Waals surface area (Å²) in [7, 11) is 0. The highest BCUT2D eigenvalue weighted by Gasteiger charge is 2.29. The van der Waals surface area contributed by atoms with Gasteiger partial charge < -0.3 is 10.6 Å². The molecule has 1 aliphatic carbocycles. The molecule has 20 heavy (non-hydrogen) atoms. The molecule has 1 saturated heterocycles. The summed E-state index contributed by atoms with van der Waals surface area (Å²) in [5.74, 6) is 1.65. The third-order valence-corrected chi connectivity index (χ3v) is 5.18. The first-order chi connectivity index (χ1) is 9.70. The summed E-state index contributed by atoms with van der Waals surface area (Å²) in [6, 6.07) is 0.648. The lowest BCUT2D eigenvalue weighted by Crippen LogP contribution is -2.55. The smallest absolute Gasteiger partial charge is 0.0247 e. The molecule has 2 N–H and O–H groups in total. The van der Waals surface area contributed by atoms with E-state index in [1.165, 1.54) is 71.2 Å². The van der Waals surface area contributed by atoms with E-state index >= 15 is 0 Å². The average molecular weight is 281 g/mol. The maximum atomic E-state index is 6.15. The lowest BCUT2D eigenvalue weighted by Gasteiger charge is -2.42. The van der Waals surface area contributed by atoms with Crippen LogP contribution in [0, 0.1) is 11.8 Å². The fourth-order valence-electron chi connectivity index (χ4n) is 4.13. The summed E-state index contributed by atoms with van der Waals surface area (Å²) in [5, 5.41) is 0. The molecule has 1 saturated carbocycles. The number of hydrogen-bond acceptors (Lipinski definition) is 3. The first-order valence-electron chi connectivity index (χ1n) is 8.87. The van der Waals surface area contributed by atoms with E-state index in [2.05, 4.69) is 23.6 Å². The second-order valence-electron chi connectivity index (χ2n) is 7.29. The molecule has 0 spiro atoms. The summed E-state index contributed by atoms with van der Waals surface area (Å²) < 4.78 is 0. The van der Waals surface area contributed by atoms with Crippen LogP contribution in [0.5, 0.6) is 0 Å². The number of rotatable bonds is 5. The van der Waals surface area contributed by atoms with Crippen molar-refractivity contribution in [1.82, 2.24) is 9.80 Å². The van der Waals surface area contributed by atoms with Crippen molar-refractivity contribution < 1.29 is 0 Å². The Labute approximate surface area is 125 Å². The van der Waals surface area contributed by atoms with Gasteiger partial charge >= 0.3 is 0 Å². The Morgan fingerprint density at radius 3 is 2.05 bits per heavy atom. The summed E-state index contributed by atoms with van der Waals surface area (Å²) in [5.41, 5.74) is 6.15. The molecule has 3 heteroatoms. The minimum Gasteiger partial charge on any atom is -0.329 e. The number of hydrogen-bond donors (Lipinski definition) is 1. The van der Waals surface area contributed by atoms with Gasteiger partial charge in [-0.2, -0.15) is 0 Å². The first kappa shape index (κ1) is 16.3. The van der Waals surface area contributed by atoms with E-state index < -0.39 is 0 Å². The molecule has 0 aromatic carbocycles. The van der Waals surface area contributed by atoms with Gasteiger partial charge in [-0.25, -0.2) is 0 Å². The predicted molar refractivity (Wildman–Crippen MR) is 86.9 cm³/mol. The van der Waals surface area contributed by atoms with Crippen LogP contribution in [-0.4, -0.2) is 55.1 Å². The zero-order chi connectivity index (χ0) is 14.4. The van der Waals surface area contributed by atoms with E-state index in [-0.39, 0.29) is 0 Å². The topological polar surface area (TPSA) is 32.5 Å². The molecule has 1 heterocycles. The van der Waals surface area contributed by atoms with E-state index in [1.54, 1.807) is 0 Å². The van der Waals surface area contributed by atoms with Crippen molar-refractivity contribution in [3.63, 3.8) is 0 Å². The maximum Gasteiger partial charge on any atom is 0.0247 e. The molecule has 1 atom stereocenters. The molecule has 0 aromatic rings. The molecule has 0 radical (unpaired) electrons. The molecule has 1 aliphatic heterocycles. The molecule has 1 unspecified atom stereocenters. The second-order valence-corrected chi connectivity index (χ2v) is 7.29. The molecular weight excluding hydrogens is 246 g/mol. The van der Waals surface area contributed by atoms with Gasteiger partial charge in [-0.15, -0.1) is 0 Å². The van der Waals surface area contributed by atoms with Gasteiger partial charge in [0.05, 0.1) is 0 Å². The van der Waals surface area contributed by atoms with E-state index in [0.29, 0.717) is 6.04 Å². The molecule has 2 aliphatic rings. The largest absolute Gasteiger partial charge is 0.329 e. The fourth-order valence-corrected chi connectivity index (χ4v) is 4.13. The van der Waals surface area contributed by atoms with Gasteiger partial charge in [0.25, 0.3) is 0 Å². The van der Waals surface area contributed by atoms with Crippen molar-refractivity contribution in [1.29, 1.82) is 0 Å². The monoisotopic (exact) mass is 281 g/mol. The summed E-state index contributed by atoms with van der Waals surface area (Å²) in [6.07, 6.45) is 8.55. The normalized spacial score (nSPS) is 25.8. The molecule has 0 aromatic heterocycles. The van der Waals surface area contributed by atoms with Crippen LogP contribution in [0.15, 0.2) is 0 Å². The van der Waals surface area contributed by atoms with E-state index in [1.807, 2.05) is 0 Å². The van der Waals surface area contributed by atoms with Crippen molar-refractivity contribution in [2.45, 2.75) is 58.4 Å². The number of piperazine rings is 1. The number of nitrogens with two attached hydrogens (primary N) is 1. The molecule has 118 valence electrons. The van der Waals surface area contributed by atoms with Crippen molar-refractivity contribution in [2.24, 2.45) is 17.6 Å². The van der Waals surface area contributed by atoms with Crippen LogP contribution in [0.4, 0.5) is 0 Å². The highest BCUT2D eigenvalue weighted by molar-refractivity contribution is 4.85. The summed E-state index contributed by atoms with van der Waals surface area (Å²) >= 11 is 0. The van der Waals surface area contributed by atoms with Gasteiger partial charge in [0, 0.05) is 45.3 Å². The van der Waals surface area contributed by atoms with Gasteiger partial charge in [0.1, 0.15) is 0 Å². The zero-order valence-electron chi connectivity index (χ0n) is 13.7. The quantitative estimate of drug-likeness (QED) is 0.786.